The molecule has 0 saturated heterocycles. The number of aliphatic hydroxyl groups excluding tert-OH is 1. The third kappa shape index (κ3) is 6.32. The quantitative estimate of drug-likeness (QED) is 0.467. The number of carbonyl (C=O) groups is 2. The largest absolute Gasteiger partial charge is 0.491 e. The Morgan fingerprint density at radius 2 is 1.89 bits per heavy atom. The van der Waals surface area contributed by atoms with E-state index in [9.17, 15) is 19.1 Å². The van der Waals surface area contributed by atoms with Crippen LogP contribution in [0.5, 0.6) is 0 Å². The van der Waals surface area contributed by atoms with Gasteiger partial charge in [-0.15, -0.1) is 0 Å². The first-order chi connectivity index (χ1) is 18.3. The summed E-state index contributed by atoms with van der Waals surface area (Å²) in [6, 6.07) is 5.50. The Morgan fingerprint density at radius 3 is 2.53 bits per heavy atom. The summed E-state index contributed by atoms with van der Waals surface area (Å²) in [6.45, 7) is 6.08. The Labute approximate surface area is 222 Å². The Bertz CT molecular complexity index is 1310. The minimum atomic E-state index is -0.411. The van der Waals surface area contributed by atoms with Crippen molar-refractivity contribution in [1.82, 2.24) is 14.9 Å². The molecule has 0 spiro atoms. The highest BCUT2D eigenvalue weighted by Crippen LogP contribution is 2.33. The van der Waals surface area contributed by atoms with Crippen LogP contribution in [-0.4, -0.2) is 45.7 Å². The summed E-state index contributed by atoms with van der Waals surface area (Å²) in [5, 5.41) is 16.9. The van der Waals surface area contributed by atoms with Gasteiger partial charge in [0.2, 0.25) is 11.9 Å². The van der Waals surface area contributed by atoms with E-state index < -0.39 is 5.82 Å². The summed E-state index contributed by atoms with van der Waals surface area (Å²) in [5.41, 5.74) is 1.44. The summed E-state index contributed by atoms with van der Waals surface area (Å²) in [7, 11) is 0. The molecule has 0 radical (unpaired) electrons. The van der Waals surface area contributed by atoms with Gasteiger partial charge in [0, 0.05) is 29.6 Å². The minimum Gasteiger partial charge on any atom is -0.491 e. The predicted octanol–water partition coefficient (Wildman–Crippen LogP) is 3.17. The second kappa shape index (κ2) is 12.4. The molecule has 9 heteroatoms. The minimum absolute atomic E-state index is 0.0183. The number of hydrogen-bond acceptors (Lipinski definition) is 5. The SMILES string of the molecule is CCC1=C(OCCO)C=c2c(nc(NC(=O)c3ccc(F)cc3)n2C2CCC(C(=O)NC(C)C)CC2)=CC1. The molecule has 1 aromatic carbocycles. The van der Waals surface area contributed by atoms with E-state index in [1.54, 1.807) is 0 Å². The first-order valence-electron chi connectivity index (χ1n) is 13.4. The second-order valence-electron chi connectivity index (χ2n) is 10.2. The zero-order valence-corrected chi connectivity index (χ0v) is 22.3. The van der Waals surface area contributed by atoms with Gasteiger partial charge < -0.3 is 19.7 Å². The van der Waals surface area contributed by atoms with Crippen molar-refractivity contribution in [3.8, 4) is 0 Å². The maximum Gasteiger partial charge on any atom is 0.257 e. The van der Waals surface area contributed by atoms with E-state index in [-0.39, 0.29) is 43.0 Å². The van der Waals surface area contributed by atoms with Gasteiger partial charge in [0.1, 0.15) is 18.2 Å². The lowest BCUT2D eigenvalue weighted by molar-refractivity contribution is -0.126. The zero-order valence-electron chi connectivity index (χ0n) is 22.3. The first kappa shape index (κ1) is 27.6. The molecule has 1 heterocycles. The number of benzene rings is 1. The average molecular weight is 525 g/mol. The zero-order chi connectivity index (χ0) is 27.2. The van der Waals surface area contributed by atoms with Crippen molar-refractivity contribution in [3.63, 3.8) is 0 Å². The van der Waals surface area contributed by atoms with Crippen molar-refractivity contribution >= 4 is 29.9 Å². The van der Waals surface area contributed by atoms with Crippen LogP contribution >= 0.6 is 0 Å². The van der Waals surface area contributed by atoms with E-state index in [0.29, 0.717) is 23.7 Å². The molecule has 4 rings (SSSR count). The van der Waals surface area contributed by atoms with E-state index in [4.69, 9.17) is 9.72 Å². The van der Waals surface area contributed by atoms with Crippen LogP contribution in [0, 0.1) is 11.7 Å². The van der Waals surface area contributed by atoms with Crippen molar-refractivity contribution < 1.29 is 23.8 Å². The van der Waals surface area contributed by atoms with E-state index in [0.717, 1.165) is 48.4 Å². The van der Waals surface area contributed by atoms with Crippen molar-refractivity contribution in [3.05, 3.63) is 57.7 Å². The number of ether oxygens (including phenoxy) is 1. The molecule has 0 unspecified atom stereocenters. The first-order valence-corrected chi connectivity index (χ1v) is 13.4. The predicted molar refractivity (Wildman–Crippen MR) is 144 cm³/mol. The number of hydrogen-bond donors (Lipinski definition) is 3. The van der Waals surface area contributed by atoms with Crippen LogP contribution in [-0.2, 0) is 9.53 Å². The van der Waals surface area contributed by atoms with Crippen LogP contribution in [0.3, 0.4) is 0 Å². The number of fused-ring (bicyclic) bond motifs is 1. The van der Waals surface area contributed by atoms with Crippen LogP contribution in [0.1, 0.15) is 75.7 Å². The van der Waals surface area contributed by atoms with E-state index >= 15 is 0 Å². The Kier molecular flexibility index (Phi) is 8.99. The Morgan fingerprint density at radius 1 is 1.18 bits per heavy atom. The number of rotatable bonds is 9. The molecular formula is C29H37FN4O4. The van der Waals surface area contributed by atoms with Crippen molar-refractivity contribution in [2.75, 3.05) is 18.5 Å². The fraction of sp³-hybridized carbons (Fsp3) is 0.483. The third-order valence-electron chi connectivity index (χ3n) is 7.11. The van der Waals surface area contributed by atoms with Gasteiger partial charge in [-0.3, -0.25) is 14.9 Å². The normalized spacial score (nSPS) is 19.2. The number of aliphatic hydroxyl groups is 1. The summed E-state index contributed by atoms with van der Waals surface area (Å²) in [6.07, 6.45) is 8.39. The molecule has 2 amide bonds. The summed E-state index contributed by atoms with van der Waals surface area (Å²) in [4.78, 5) is 30.5. The number of carbonyl (C=O) groups excluding carboxylic acids is 2. The lowest BCUT2D eigenvalue weighted by Crippen LogP contribution is -2.39. The summed E-state index contributed by atoms with van der Waals surface area (Å²) >= 11 is 0. The molecule has 8 nitrogen and oxygen atoms in total. The van der Waals surface area contributed by atoms with Crippen molar-refractivity contribution in [2.45, 2.75) is 71.4 Å². The van der Waals surface area contributed by atoms with Gasteiger partial charge in [0.25, 0.3) is 5.91 Å². The maximum atomic E-state index is 13.4. The Balaban J connectivity index is 1.71. The second-order valence-corrected chi connectivity index (χ2v) is 10.2. The highest BCUT2D eigenvalue weighted by molar-refractivity contribution is 6.03. The number of nitrogens with one attached hydrogen (secondary N) is 2. The van der Waals surface area contributed by atoms with Crippen LogP contribution in [0.2, 0.25) is 0 Å². The number of nitrogens with zero attached hydrogens (tertiary/aromatic N) is 2. The van der Waals surface area contributed by atoms with Crippen LogP contribution in [0.4, 0.5) is 10.3 Å². The lowest BCUT2D eigenvalue weighted by atomic mass is 9.85. The van der Waals surface area contributed by atoms with E-state index in [1.807, 2.05) is 30.6 Å². The molecule has 0 aliphatic heterocycles. The number of anilines is 1. The van der Waals surface area contributed by atoms with Crippen molar-refractivity contribution in [1.29, 1.82) is 0 Å². The highest BCUT2D eigenvalue weighted by atomic mass is 19.1. The number of allylic oxidation sites excluding steroid dienone is 2. The molecule has 0 atom stereocenters. The molecule has 1 aromatic heterocycles. The molecule has 204 valence electrons. The van der Waals surface area contributed by atoms with Gasteiger partial charge in [-0.25, -0.2) is 9.37 Å². The third-order valence-corrected chi connectivity index (χ3v) is 7.11. The molecule has 2 aromatic rings. The standard InChI is InChI=1S/C29H37FN4O4/c1-4-19-9-14-24-25(17-26(19)38-16-15-35)34(23-12-7-21(8-13-23)27(36)31-18(2)3)29(32-24)33-28(37)20-5-10-22(30)11-6-20/h5-6,10-11,14,17-18,21,23,35H,4,7-9,12-13,15-16H2,1-3H3,(H,31,36)(H,32,33,37). The smallest absolute Gasteiger partial charge is 0.257 e. The van der Waals surface area contributed by atoms with Gasteiger partial charge in [-0.05, 0) is 82.2 Å². The fourth-order valence-electron chi connectivity index (χ4n) is 5.15. The van der Waals surface area contributed by atoms with Gasteiger partial charge in [-0.2, -0.15) is 0 Å². The van der Waals surface area contributed by atoms with Crippen LogP contribution < -0.4 is 21.3 Å². The molecule has 1 saturated carbocycles. The van der Waals surface area contributed by atoms with Gasteiger partial charge in [-0.1, -0.05) is 13.0 Å². The molecule has 2 aliphatic rings. The topological polar surface area (TPSA) is 105 Å². The molecule has 0 bridgehead atoms. The average Bonchev–Trinajstić information content (AvgIpc) is 3.13. The fourth-order valence-corrected chi connectivity index (χ4v) is 5.15. The highest BCUT2D eigenvalue weighted by Gasteiger charge is 2.30. The summed E-state index contributed by atoms with van der Waals surface area (Å²) < 4.78 is 21.4. The van der Waals surface area contributed by atoms with Crippen LogP contribution in [0.25, 0.3) is 12.2 Å². The summed E-state index contributed by atoms with van der Waals surface area (Å²) in [5.74, 6) is 0.373. The molecule has 3 N–H and O–H groups in total. The number of amides is 2. The Hall–Kier alpha value is -3.46. The maximum absolute atomic E-state index is 13.4. The van der Waals surface area contributed by atoms with Crippen LogP contribution in [0.15, 0.2) is 35.6 Å². The molecule has 38 heavy (non-hydrogen) atoms. The monoisotopic (exact) mass is 524 g/mol. The van der Waals surface area contributed by atoms with E-state index in [2.05, 4.69) is 17.6 Å². The lowest BCUT2D eigenvalue weighted by Gasteiger charge is -2.30. The van der Waals surface area contributed by atoms with Gasteiger partial charge in [0.05, 0.1) is 17.3 Å². The van der Waals surface area contributed by atoms with E-state index in [1.165, 1.54) is 24.3 Å². The van der Waals surface area contributed by atoms with Gasteiger partial charge >= 0.3 is 0 Å². The molecule has 1 fully saturated rings. The number of imidazole rings is 1. The van der Waals surface area contributed by atoms with Gasteiger partial charge in [0.15, 0.2) is 0 Å². The molecule has 2 aliphatic carbocycles. The number of halogens is 1. The molecular weight excluding hydrogens is 487 g/mol. The van der Waals surface area contributed by atoms with Crippen molar-refractivity contribution in [2.24, 2.45) is 5.92 Å². The number of aromatic nitrogens is 2.